The number of nitrogens with zero attached hydrogens (tertiary/aromatic N) is 3. The number of nitrogens with one attached hydrogen (secondary N) is 1. The largest absolute Gasteiger partial charge is 0.480 e. The standard InChI is InChI=1S/C28H27F3N4O5/c29-28(30,31)23-22(33-25(40-23)17-5-2-1-3-6-17)24(36)32-19-8-10-20(11-9-19)34-15-12-18(13-16-34)26(37)35-14-4-7-21(35)27(38)39/h1-3,5-6,8-11,18,21H,4,7,12-16H2,(H,32,36)(H,38,39). The third kappa shape index (κ3) is 5.65. The lowest BCUT2D eigenvalue weighted by molar-refractivity contribution is -0.153. The third-order valence-electron chi connectivity index (χ3n) is 7.28. The van der Waals surface area contributed by atoms with Crippen LogP contribution < -0.4 is 10.2 Å². The van der Waals surface area contributed by atoms with E-state index in [0.29, 0.717) is 50.9 Å². The Labute approximate surface area is 227 Å². The molecule has 5 rings (SSSR count). The molecule has 1 unspecified atom stereocenters. The quantitative estimate of drug-likeness (QED) is 0.444. The maximum absolute atomic E-state index is 13.6. The van der Waals surface area contributed by atoms with Crippen molar-refractivity contribution in [1.29, 1.82) is 0 Å². The van der Waals surface area contributed by atoms with Gasteiger partial charge in [-0.05, 0) is 62.1 Å². The molecular weight excluding hydrogens is 529 g/mol. The molecule has 0 bridgehead atoms. The van der Waals surface area contributed by atoms with E-state index in [0.717, 1.165) is 5.69 Å². The second-order valence-corrected chi connectivity index (χ2v) is 9.85. The number of aromatic nitrogens is 1. The van der Waals surface area contributed by atoms with Gasteiger partial charge in [-0.15, -0.1) is 0 Å². The first-order chi connectivity index (χ1) is 19.1. The van der Waals surface area contributed by atoms with Gasteiger partial charge in [0.2, 0.25) is 17.6 Å². The van der Waals surface area contributed by atoms with Gasteiger partial charge in [0.05, 0.1) is 0 Å². The van der Waals surface area contributed by atoms with Crippen LogP contribution in [0.4, 0.5) is 24.5 Å². The van der Waals surface area contributed by atoms with Gasteiger partial charge in [0.25, 0.3) is 5.91 Å². The number of likely N-dealkylation sites (tertiary alicyclic amines) is 1. The van der Waals surface area contributed by atoms with Crippen molar-refractivity contribution in [2.24, 2.45) is 5.92 Å². The lowest BCUT2D eigenvalue weighted by Gasteiger charge is -2.35. The number of carboxylic acid groups (broad SMARTS) is 1. The molecule has 12 heteroatoms. The van der Waals surface area contributed by atoms with E-state index in [1.807, 2.05) is 0 Å². The molecule has 2 aliphatic rings. The molecule has 1 aromatic heterocycles. The molecule has 2 aromatic carbocycles. The zero-order chi connectivity index (χ0) is 28.4. The van der Waals surface area contributed by atoms with Gasteiger partial charge < -0.3 is 24.6 Å². The van der Waals surface area contributed by atoms with Gasteiger partial charge in [0.1, 0.15) is 6.04 Å². The van der Waals surface area contributed by atoms with Crippen molar-refractivity contribution < 1.29 is 37.1 Å². The first-order valence-corrected chi connectivity index (χ1v) is 12.9. The highest BCUT2D eigenvalue weighted by atomic mass is 19.4. The number of aliphatic carboxylic acids is 1. The van der Waals surface area contributed by atoms with Crippen LogP contribution in [0.2, 0.25) is 0 Å². The summed E-state index contributed by atoms with van der Waals surface area (Å²) in [6.45, 7) is 1.64. The van der Waals surface area contributed by atoms with Gasteiger partial charge in [0.15, 0.2) is 5.69 Å². The number of carbonyl (C=O) groups excluding carboxylic acids is 2. The summed E-state index contributed by atoms with van der Waals surface area (Å²) in [5.41, 5.74) is 0.566. The lowest BCUT2D eigenvalue weighted by Crippen LogP contribution is -2.46. The molecule has 2 fully saturated rings. The van der Waals surface area contributed by atoms with E-state index in [1.54, 1.807) is 42.5 Å². The van der Waals surface area contributed by atoms with Crippen LogP contribution in [0.3, 0.4) is 0 Å². The van der Waals surface area contributed by atoms with Crippen molar-refractivity contribution >= 4 is 29.2 Å². The highest BCUT2D eigenvalue weighted by Crippen LogP contribution is 2.36. The third-order valence-corrected chi connectivity index (χ3v) is 7.28. The Morgan fingerprint density at radius 2 is 1.62 bits per heavy atom. The summed E-state index contributed by atoms with van der Waals surface area (Å²) in [6, 6.07) is 13.9. The zero-order valence-electron chi connectivity index (χ0n) is 21.4. The number of alkyl halides is 3. The second-order valence-electron chi connectivity index (χ2n) is 9.85. The maximum atomic E-state index is 13.6. The zero-order valence-corrected chi connectivity index (χ0v) is 21.4. The minimum atomic E-state index is -4.91. The van der Waals surface area contributed by atoms with Gasteiger partial charge in [-0.3, -0.25) is 9.59 Å². The smallest absolute Gasteiger partial charge is 0.452 e. The Bertz CT molecular complexity index is 1380. The Hall–Kier alpha value is -4.35. The van der Waals surface area contributed by atoms with E-state index in [9.17, 15) is 32.7 Å². The lowest BCUT2D eigenvalue weighted by atomic mass is 9.94. The van der Waals surface area contributed by atoms with E-state index >= 15 is 0 Å². The molecule has 0 radical (unpaired) electrons. The van der Waals surface area contributed by atoms with Crippen molar-refractivity contribution in [1.82, 2.24) is 9.88 Å². The van der Waals surface area contributed by atoms with Crippen molar-refractivity contribution in [2.75, 3.05) is 29.9 Å². The van der Waals surface area contributed by atoms with E-state index in [2.05, 4.69) is 15.2 Å². The number of piperidine rings is 1. The van der Waals surface area contributed by atoms with Crippen LogP contribution >= 0.6 is 0 Å². The number of benzene rings is 2. The highest BCUT2D eigenvalue weighted by molar-refractivity contribution is 6.04. The Morgan fingerprint density at radius 1 is 0.950 bits per heavy atom. The first kappa shape index (κ1) is 27.2. The normalized spacial score (nSPS) is 18.1. The van der Waals surface area contributed by atoms with E-state index in [4.69, 9.17) is 4.42 Å². The first-order valence-electron chi connectivity index (χ1n) is 12.9. The van der Waals surface area contributed by atoms with Crippen LogP contribution in [0.5, 0.6) is 0 Å². The molecule has 9 nitrogen and oxygen atoms in total. The van der Waals surface area contributed by atoms with Crippen LogP contribution in [0.25, 0.3) is 11.5 Å². The minimum Gasteiger partial charge on any atom is -0.480 e. The Morgan fingerprint density at radius 3 is 2.25 bits per heavy atom. The summed E-state index contributed by atoms with van der Waals surface area (Å²) in [7, 11) is 0. The summed E-state index contributed by atoms with van der Waals surface area (Å²) < 4.78 is 45.7. The van der Waals surface area contributed by atoms with Gasteiger partial charge in [0, 0.05) is 42.5 Å². The number of amides is 2. The predicted octanol–water partition coefficient (Wildman–Crippen LogP) is 4.90. The molecule has 2 saturated heterocycles. The summed E-state index contributed by atoms with van der Waals surface area (Å²) in [4.78, 5) is 44.5. The Balaban J connectivity index is 1.22. The SMILES string of the molecule is O=C(Nc1ccc(N2CCC(C(=O)N3CCCC3C(=O)O)CC2)cc1)c1nc(-c2ccccc2)oc1C(F)(F)F. The average Bonchev–Trinajstić information content (AvgIpc) is 3.62. The number of rotatable bonds is 6. The molecule has 0 spiro atoms. The van der Waals surface area contributed by atoms with Crippen LogP contribution in [0, 0.1) is 5.92 Å². The fourth-order valence-corrected chi connectivity index (χ4v) is 5.22. The van der Waals surface area contributed by atoms with Crippen molar-refractivity contribution in [2.45, 2.75) is 37.9 Å². The maximum Gasteiger partial charge on any atom is 0.452 e. The molecule has 0 aliphatic carbocycles. The van der Waals surface area contributed by atoms with Crippen LogP contribution in [-0.4, -0.2) is 58.5 Å². The highest BCUT2D eigenvalue weighted by Gasteiger charge is 2.42. The van der Waals surface area contributed by atoms with Crippen LogP contribution in [0.15, 0.2) is 59.0 Å². The van der Waals surface area contributed by atoms with Gasteiger partial charge >= 0.3 is 12.1 Å². The molecule has 2 amide bonds. The number of anilines is 2. The van der Waals surface area contributed by atoms with E-state index in [-0.39, 0.29) is 23.4 Å². The topological polar surface area (TPSA) is 116 Å². The molecule has 40 heavy (non-hydrogen) atoms. The molecule has 2 aliphatic heterocycles. The van der Waals surface area contributed by atoms with Crippen molar-refractivity contribution in [3.05, 3.63) is 66.1 Å². The number of carbonyl (C=O) groups is 3. The summed E-state index contributed by atoms with van der Waals surface area (Å²) >= 11 is 0. The molecule has 3 aromatic rings. The number of oxazole rings is 1. The molecule has 0 saturated carbocycles. The van der Waals surface area contributed by atoms with Crippen LogP contribution in [-0.2, 0) is 15.8 Å². The molecule has 210 valence electrons. The second kappa shape index (κ2) is 11.0. The number of hydrogen-bond acceptors (Lipinski definition) is 6. The monoisotopic (exact) mass is 556 g/mol. The van der Waals surface area contributed by atoms with Crippen molar-refractivity contribution in [3.8, 4) is 11.5 Å². The minimum absolute atomic E-state index is 0.107. The Kier molecular flexibility index (Phi) is 7.51. The van der Waals surface area contributed by atoms with Gasteiger partial charge in [-0.1, -0.05) is 18.2 Å². The van der Waals surface area contributed by atoms with E-state index in [1.165, 1.54) is 17.0 Å². The average molecular weight is 557 g/mol. The van der Waals surface area contributed by atoms with Gasteiger partial charge in [-0.2, -0.15) is 13.2 Å². The summed E-state index contributed by atoms with van der Waals surface area (Å²) in [6.07, 6.45) is -2.59. The molecular formula is C28H27F3N4O5. The van der Waals surface area contributed by atoms with E-state index < -0.39 is 35.5 Å². The van der Waals surface area contributed by atoms with Gasteiger partial charge in [-0.25, -0.2) is 9.78 Å². The predicted molar refractivity (Wildman–Crippen MR) is 139 cm³/mol. The fraction of sp³-hybridized carbons (Fsp3) is 0.357. The number of halogens is 3. The van der Waals surface area contributed by atoms with Crippen LogP contribution in [0.1, 0.15) is 41.9 Å². The summed E-state index contributed by atoms with van der Waals surface area (Å²) in [5.74, 6) is -4.14. The number of carboxylic acids is 1. The number of hydrogen-bond donors (Lipinski definition) is 2. The molecule has 1 atom stereocenters. The summed E-state index contributed by atoms with van der Waals surface area (Å²) in [5, 5.41) is 11.8. The molecule has 2 N–H and O–H groups in total. The molecule has 3 heterocycles. The fourth-order valence-electron chi connectivity index (χ4n) is 5.22. The van der Waals surface area contributed by atoms with Crippen molar-refractivity contribution in [3.63, 3.8) is 0 Å².